The Morgan fingerprint density at radius 1 is 1.45 bits per heavy atom. The Kier molecular flexibility index (Phi) is 5.06. The van der Waals surface area contributed by atoms with Gasteiger partial charge in [-0.25, -0.2) is 8.78 Å². The minimum absolute atomic E-state index is 0.0413. The van der Waals surface area contributed by atoms with Crippen LogP contribution in [0.2, 0.25) is 0 Å². The van der Waals surface area contributed by atoms with Crippen LogP contribution in [0, 0.1) is 11.6 Å². The lowest BCUT2D eigenvalue weighted by Crippen LogP contribution is -2.39. The zero-order valence-corrected chi connectivity index (χ0v) is 11.5. The number of hydrogen-bond acceptors (Lipinski definition) is 2. The van der Waals surface area contributed by atoms with Gasteiger partial charge < -0.3 is 10.1 Å². The average molecular weight is 283 g/mol. The van der Waals surface area contributed by atoms with Gasteiger partial charge >= 0.3 is 0 Å². The van der Waals surface area contributed by atoms with E-state index in [-0.39, 0.29) is 18.1 Å². The molecule has 1 aromatic rings. The van der Waals surface area contributed by atoms with E-state index in [9.17, 15) is 13.6 Å². The number of halogens is 2. The summed E-state index contributed by atoms with van der Waals surface area (Å²) in [5, 5.41) is 2.91. The molecule has 0 spiro atoms. The molecule has 1 saturated heterocycles. The fourth-order valence-corrected chi connectivity index (χ4v) is 2.37. The lowest BCUT2D eigenvalue weighted by molar-refractivity contribution is -0.122. The minimum atomic E-state index is -0.456. The number of hydrogen-bond donors (Lipinski definition) is 1. The second kappa shape index (κ2) is 6.79. The first-order valence-electron chi connectivity index (χ1n) is 6.91. The molecule has 3 nitrogen and oxygen atoms in total. The summed E-state index contributed by atoms with van der Waals surface area (Å²) in [6.07, 6.45) is 2.02. The van der Waals surface area contributed by atoms with Gasteiger partial charge in [-0.3, -0.25) is 4.79 Å². The van der Waals surface area contributed by atoms with Gasteiger partial charge in [0.1, 0.15) is 11.6 Å². The second-order valence-corrected chi connectivity index (χ2v) is 5.13. The summed E-state index contributed by atoms with van der Waals surface area (Å²) in [5.41, 5.74) is 0.315. The molecule has 1 heterocycles. The van der Waals surface area contributed by atoms with E-state index in [0.717, 1.165) is 18.6 Å². The molecule has 0 unspecified atom stereocenters. The highest BCUT2D eigenvalue weighted by molar-refractivity contribution is 5.76. The third-order valence-corrected chi connectivity index (χ3v) is 3.58. The molecular formula is C15H19F2NO2. The lowest BCUT2D eigenvalue weighted by atomic mass is 10.1. The van der Waals surface area contributed by atoms with Crippen molar-refractivity contribution in [1.29, 1.82) is 0 Å². The van der Waals surface area contributed by atoms with Crippen LogP contribution in [0.3, 0.4) is 0 Å². The molecule has 20 heavy (non-hydrogen) atoms. The Morgan fingerprint density at radius 3 is 2.95 bits per heavy atom. The van der Waals surface area contributed by atoms with Crippen molar-refractivity contribution in [3.8, 4) is 0 Å². The van der Waals surface area contributed by atoms with Crippen molar-refractivity contribution >= 4 is 5.91 Å². The zero-order chi connectivity index (χ0) is 14.5. The number of benzene rings is 1. The number of ether oxygens (including phenoxy) is 1. The topological polar surface area (TPSA) is 38.3 Å². The second-order valence-electron chi connectivity index (χ2n) is 5.13. The molecule has 1 aliphatic heterocycles. The zero-order valence-electron chi connectivity index (χ0n) is 11.5. The van der Waals surface area contributed by atoms with Crippen LogP contribution >= 0.6 is 0 Å². The number of nitrogens with one attached hydrogen (secondary N) is 1. The summed E-state index contributed by atoms with van der Waals surface area (Å²) in [7, 11) is 0. The van der Waals surface area contributed by atoms with E-state index in [1.165, 1.54) is 6.07 Å². The van der Waals surface area contributed by atoms with Crippen molar-refractivity contribution in [2.75, 3.05) is 6.61 Å². The highest BCUT2D eigenvalue weighted by Gasteiger charge is 2.25. The summed E-state index contributed by atoms with van der Waals surface area (Å²) < 4.78 is 31.7. The first kappa shape index (κ1) is 14.9. The van der Waals surface area contributed by atoms with Gasteiger partial charge in [0, 0.05) is 13.0 Å². The Bertz CT molecular complexity index is 479. The van der Waals surface area contributed by atoms with Gasteiger partial charge in [-0.1, -0.05) is 0 Å². The summed E-state index contributed by atoms with van der Waals surface area (Å²) in [6, 6.07) is 3.45. The molecule has 5 heteroatoms. The van der Waals surface area contributed by atoms with Gasteiger partial charge in [0.25, 0.3) is 0 Å². The average Bonchev–Trinajstić information content (AvgIpc) is 2.79. The number of rotatable bonds is 5. The van der Waals surface area contributed by atoms with Crippen LogP contribution in [0.5, 0.6) is 0 Å². The van der Waals surface area contributed by atoms with Crippen LogP contribution in [0.25, 0.3) is 0 Å². The molecule has 1 amide bonds. The largest absolute Gasteiger partial charge is 0.376 e. The van der Waals surface area contributed by atoms with Crippen LogP contribution in [0.4, 0.5) is 8.78 Å². The van der Waals surface area contributed by atoms with E-state index in [1.807, 2.05) is 6.92 Å². The van der Waals surface area contributed by atoms with Crippen LogP contribution in [-0.4, -0.2) is 24.7 Å². The summed E-state index contributed by atoms with van der Waals surface area (Å²) in [6.45, 7) is 2.60. The fraction of sp³-hybridized carbons (Fsp3) is 0.533. The van der Waals surface area contributed by atoms with E-state index >= 15 is 0 Å². The predicted molar refractivity (Wildman–Crippen MR) is 71.3 cm³/mol. The highest BCUT2D eigenvalue weighted by atomic mass is 19.1. The van der Waals surface area contributed by atoms with Crippen molar-refractivity contribution in [2.45, 2.75) is 44.8 Å². The Labute approximate surface area is 117 Å². The molecule has 1 aliphatic rings. The van der Waals surface area contributed by atoms with Crippen LogP contribution in [0.1, 0.15) is 31.7 Å². The number of carbonyl (C=O) groups is 1. The maximum atomic E-state index is 13.4. The normalized spacial score (nSPS) is 21.9. The predicted octanol–water partition coefficient (Wildman–Crippen LogP) is 2.58. The van der Waals surface area contributed by atoms with Crippen molar-refractivity contribution in [1.82, 2.24) is 5.32 Å². The molecule has 1 aromatic carbocycles. The first-order chi connectivity index (χ1) is 9.56. The third-order valence-electron chi connectivity index (χ3n) is 3.58. The maximum Gasteiger partial charge on any atom is 0.220 e. The standard InChI is InChI=1S/C15H19F2NO2/c1-10-14(7-8-20-10)18-15(19)4-2-3-11-9-12(16)5-6-13(11)17/h5-6,9-10,14H,2-4,7-8H2,1H3,(H,18,19)/t10-,14-/m1/s1. The summed E-state index contributed by atoms with van der Waals surface area (Å²) >= 11 is 0. The van der Waals surface area contributed by atoms with E-state index < -0.39 is 11.6 Å². The molecule has 0 saturated carbocycles. The number of amides is 1. The minimum Gasteiger partial charge on any atom is -0.376 e. The van der Waals surface area contributed by atoms with E-state index in [4.69, 9.17) is 4.74 Å². The summed E-state index contributed by atoms with van der Waals surface area (Å²) in [4.78, 5) is 11.8. The quantitative estimate of drug-likeness (QED) is 0.902. The van der Waals surface area contributed by atoms with Crippen molar-refractivity contribution in [3.05, 3.63) is 35.4 Å². The van der Waals surface area contributed by atoms with Crippen molar-refractivity contribution in [3.63, 3.8) is 0 Å². The van der Waals surface area contributed by atoms with Gasteiger partial charge in [-0.15, -0.1) is 0 Å². The van der Waals surface area contributed by atoms with Gasteiger partial charge in [0.2, 0.25) is 5.91 Å². The molecule has 0 radical (unpaired) electrons. The van der Waals surface area contributed by atoms with E-state index in [2.05, 4.69) is 5.32 Å². The van der Waals surface area contributed by atoms with Crippen LogP contribution in [-0.2, 0) is 16.0 Å². The number of aryl methyl sites for hydroxylation is 1. The molecule has 2 atom stereocenters. The molecule has 0 aromatic heterocycles. The Balaban J connectivity index is 1.75. The molecule has 1 N–H and O–H groups in total. The lowest BCUT2D eigenvalue weighted by Gasteiger charge is -2.15. The highest BCUT2D eigenvalue weighted by Crippen LogP contribution is 2.14. The van der Waals surface area contributed by atoms with Gasteiger partial charge in [0.15, 0.2) is 0 Å². The molecule has 110 valence electrons. The molecule has 2 rings (SSSR count). The molecule has 0 aliphatic carbocycles. The molecule has 1 fully saturated rings. The number of carbonyl (C=O) groups excluding carboxylic acids is 1. The SMILES string of the molecule is C[C@H]1OCC[C@H]1NC(=O)CCCc1cc(F)ccc1F. The maximum absolute atomic E-state index is 13.4. The van der Waals surface area contributed by atoms with Crippen molar-refractivity contribution < 1.29 is 18.3 Å². The van der Waals surface area contributed by atoms with Crippen LogP contribution < -0.4 is 5.32 Å². The third kappa shape index (κ3) is 4.00. The van der Waals surface area contributed by atoms with Gasteiger partial charge in [-0.2, -0.15) is 0 Å². The Hall–Kier alpha value is -1.49. The fourth-order valence-electron chi connectivity index (χ4n) is 2.37. The molecule has 0 bridgehead atoms. The van der Waals surface area contributed by atoms with Crippen molar-refractivity contribution in [2.24, 2.45) is 0 Å². The Morgan fingerprint density at radius 2 is 2.25 bits per heavy atom. The summed E-state index contributed by atoms with van der Waals surface area (Å²) in [5.74, 6) is -0.948. The first-order valence-corrected chi connectivity index (χ1v) is 6.91. The molecular weight excluding hydrogens is 264 g/mol. The van der Waals surface area contributed by atoms with Gasteiger partial charge in [-0.05, 0) is 49.9 Å². The van der Waals surface area contributed by atoms with Gasteiger partial charge in [0.05, 0.1) is 12.1 Å². The van der Waals surface area contributed by atoms with E-state index in [1.54, 1.807) is 0 Å². The smallest absolute Gasteiger partial charge is 0.220 e. The monoisotopic (exact) mass is 283 g/mol. The van der Waals surface area contributed by atoms with Crippen LogP contribution in [0.15, 0.2) is 18.2 Å². The van der Waals surface area contributed by atoms with E-state index in [0.29, 0.717) is 31.4 Å².